The van der Waals surface area contributed by atoms with Crippen LogP contribution < -0.4 is 0 Å². The van der Waals surface area contributed by atoms with Crippen LogP contribution in [0.1, 0.15) is 11.3 Å². The van der Waals surface area contributed by atoms with Crippen molar-refractivity contribution in [3.63, 3.8) is 0 Å². The van der Waals surface area contributed by atoms with Gasteiger partial charge in [0.1, 0.15) is 12.0 Å². The molecule has 128 valence electrons. The van der Waals surface area contributed by atoms with E-state index in [2.05, 4.69) is 29.2 Å². The molecule has 26 heavy (non-hydrogen) atoms. The highest BCUT2D eigenvalue weighted by Crippen LogP contribution is 2.24. The monoisotopic (exact) mass is 341 g/mol. The Morgan fingerprint density at radius 3 is 2.08 bits per heavy atom. The summed E-state index contributed by atoms with van der Waals surface area (Å²) in [6.45, 7) is 0. The fourth-order valence-electron chi connectivity index (χ4n) is 2.93. The summed E-state index contributed by atoms with van der Waals surface area (Å²) in [5, 5.41) is 9.34. The molecule has 4 rings (SSSR count). The van der Waals surface area contributed by atoms with Crippen LogP contribution in [0.5, 0.6) is 5.75 Å². The Morgan fingerprint density at radius 2 is 1.35 bits per heavy atom. The molecule has 0 bridgehead atoms. The van der Waals surface area contributed by atoms with Crippen LogP contribution in [0.4, 0.5) is 0 Å². The maximum Gasteiger partial charge on any atom is 0.226 e. The molecule has 1 heterocycles. The summed E-state index contributed by atoms with van der Waals surface area (Å²) in [4.78, 5) is 4.60. The fraction of sp³-hybridized carbons (Fsp3) is 0.0870. The van der Waals surface area contributed by atoms with Crippen molar-refractivity contribution in [3.8, 4) is 28.3 Å². The minimum absolute atomic E-state index is 0.288. The lowest BCUT2D eigenvalue weighted by molar-refractivity contribution is 0.475. The van der Waals surface area contributed by atoms with Gasteiger partial charge >= 0.3 is 0 Å². The van der Waals surface area contributed by atoms with Crippen molar-refractivity contribution >= 4 is 0 Å². The lowest BCUT2D eigenvalue weighted by Gasteiger charge is -2.02. The number of benzene rings is 3. The number of rotatable bonds is 5. The first kappa shape index (κ1) is 16.2. The summed E-state index contributed by atoms with van der Waals surface area (Å²) in [6.07, 6.45) is 3.39. The number of phenolic OH excluding ortho intramolecular Hbond substituents is 1. The molecule has 3 nitrogen and oxygen atoms in total. The van der Waals surface area contributed by atoms with E-state index >= 15 is 0 Å². The summed E-state index contributed by atoms with van der Waals surface area (Å²) in [6, 6.07) is 25.8. The molecule has 0 aliphatic heterocycles. The lowest BCUT2D eigenvalue weighted by atomic mass is 10.0. The first-order chi connectivity index (χ1) is 12.8. The predicted molar refractivity (Wildman–Crippen MR) is 103 cm³/mol. The number of aromatic hydroxyl groups is 1. The third-order valence-corrected chi connectivity index (χ3v) is 4.40. The molecule has 4 aromatic rings. The summed E-state index contributed by atoms with van der Waals surface area (Å²) in [5.74, 6) is 0.932. The Labute approximate surface area is 152 Å². The van der Waals surface area contributed by atoms with E-state index in [-0.39, 0.29) is 5.75 Å². The first-order valence-electron chi connectivity index (χ1n) is 8.66. The molecule has 0 saturated heterocycles. The highest BCUT2D eigenvalue weighted by molar-refractivity contribution is 5.67. The van der Waals surface area contributed by atoms with Gasteiger partial charge in [0, 0.05) is 5.56 Å². The summed E-state index contributed by atoms with van der Waals surface area (Å²) >= 11 is 0. The van der Waals surface area contributed by atoms with E-state index in [1.54, 1.807) is 18.4 Å². The molecule has 0 saturated carbocycles. The molecule has 1 N–H and O–H groups in total. The first-order valence-corrected chi connectivity index (χ1v) is 8.66. The number of oxazole rings is 1. The van der Waals surface area contributed by atoms with Crippen LogP contribution >= 0.6 is 0 Å². The van der Waals surface area contributed by atoms with Gasteiger partial charge in [0.2, 0.25) is 5.89 Å². The summed E-state index contributed by atoms with van der Waals surface area (Å²) < 4.78 is 5.65. The molecule has 3 aromatic carbocycles. The van der Waals surface area contributed by atoms with Gasteiger partial charge in [-0.3, -0.25) is 0 Å². The van der Waals surface area contributed by atoms with Crippen molar-refractivity contribution in [2.24, 2.45) is 0 Å². The predicted octanol–water partition coefficient (Wildman–Crippen LogP) is 5.50. The zero-order valence-electron chi connectivity index (χ0n) is 14.3. The molecule has 0 radical (unpaired) electrons. The van der Waals surface area contributed by atoms with Gasteiger partial charge in [0.15, 0.2) is 0 Å². The fourth-order valence-corrected chi connectivity index (χ4v) is 2.93. The normalized spacial score (nSPS) is 10.8. The van der Waals surface area contributed by atoms with Crippen LogP contribution in [0, 0.1) is 0 Å². The van der Waals surface area contributed by atoms with Crippen molar-refractivity contribution in [2.75, 3.05) is 0 Å². The topological polar surface area (TPSA) is 46.3 Å². The van der Waals surface area contributed by atoms with Crippen molar-refractivity contribution in [1.82, 2.24) is 4.98 Å². The third-order valence-electron chi connectivity index (χ3n) is 4.40. The average Bonchev–Trinajstić information content (AvgIpc) is 3.17. The zero-order chi connectivity index (χ0) is 17.8. The molecule has 0 spiro atoms. The number of nitrogens with zero attached hydrogens (tertiary/aromatic N) is 1. The van der Waals surface area contributed by atoms with Crippen LogP contribution in [0.2, 0.25) is 0 Å². The molecule has 0 unspecified atom stereocenters. The van der Waals surface area contributed by atoms with Crippen molar-refractivity contribution in [1.29, 1.82) is 0 Å². The second kappa shape index (κ2) is 7.28. The van der Waals surface area contributed by atoms with Crippen LogP contribution in [0.3, 0.4) is 0 Å². The Hall–Kier alpha value is -3.33. The van der Waals surface area contributed by atoms with E-state index in [1.165, 1.54) is 16.7 Å². The third kappa shape index (κ3) is 3.67. The van der Waals surface area contributed by atoms with Crippen molar-refractivity contribution in [2.45, 2.75) is 12.8 Å². The van der Waals surface area contributed by atoms with Crippen LogP contribution in [-0.4, -0.2) is 10.1 Å². The molecule has 1 aromatic heterocycles. The van der Waals surface area contributed by atoms with E-state index in [1.807, 2.05) is 42.5 Å². The molecule has 0 amide bonds. The maximum absolute atomic E-state index is 9.34. The average molecular weight is 341 g/mol. The van der Waals surface area contributed by atoms with Crippen LogP contribution in [0.25, 0.3) is 22.6 Å². The van der Waals surface area contributed by atoms with Gasteiger partial charge < -0.3 is 9.52 Å². The zero-order valence-corrected chi connectivity index (χ0v) is 14.3. The Kier molecular flexibility index (Phi) is 4.52. The highest BCUT2D eigenvalue weighted by Gasteiger charge is 2.07. The van der Waals surface area contributed by atoms with Gasteiger partial charge in [-0.05, 0) is 53.8 Å². The van der Waals surface area contributed by atoms with Gasteiger partial charge in [0.05, 0.1) is 5.69 Å². The van der Waals surface area contributed by atoms with E-state index in [0.29, 0.717) is 5.89 Å². The van der Waals surface area contributed by atoms with Crippen LogP contribution in [-0.2, 0) is 12.8 Å². The van der Waals surface area contributed by atoms with Gasteiger partial charge in [-0.25, -0.2) is 4.98 Å². The largest absolute Gasteiger partial charge is 0.508 e. The number of phenols is 1. The van der Waals surface area contributed by atoms with Crippen molar-refractivity contribution in [3.05, 3.63) is 96.4 Å². The Morgan fingerprint density at radius 1 is 0.692 bits per heavy atom. The minimum Gasteiger partial charge on any atom is -0.508 e. The number of aromatic nitrogens is 1. The smallest absolute Gasteiger partial charge is 0.226 e. The second-order valence-electron chi connectivity index (χ2n) is 6.25. The number of hydrogen-bond donors (Lipinski definition) is 1. The van der Waals surface area contributed by atoms with Gasteiger partial charge in [-0.2, -0.15) is 0 Å². The molecule has 0 aliphatic carbocycles. The minimum atomic E-state index is 0.288. The molecular weight excluding hydrogens is 322 g/mol. The van der Waals surface area contributed by atoms with Crippen molar-refractivity contribution < 1.29 is 9.52 Å². The second-order valence-corrected chi connectivity index (χ2v) is 6.25. The van der Waals surface area contributed by atoms with E-state index in [4.69, 9.17) is 4.42 Å². The van der Waals surface area contributed by atoms with Gasteiger partial charge in [-0.1, -0.05) is 54.6 Å². The highest BCUT2D eigenvalue weighted by atomic mass is 16.3. The Balaban J connectivity index is 1.45. The van der Waals surface area contributed by atoms with E-state index < -0.39 is 0 Å². The molecule has 3 heteroatoms. The van der Waals surface area contributed by atoms with Gasteiger partial charge in [-0.15, -0.1) is 0 Å². The van der Waals surface area contributed by atoms with E-state index in [9.17, 15) is 5.11 Å². The van der Waals surface area contributed by atoms with Crippen LogP contribution in [0.15, 0.2) is 89.5 Å². The SMILES string of the molecule is Oc1ccc(CCc2coc(-c3ccc(-c4ccccc4)cc3)n2)cc1. The van der Waals surface area contributed by atoms with Gasteiger partial charge in [0.25, 0.3) is 0 Å². The van der Waals surface area contributed by atoms with E-state index in [0.717, 1.165) is 24.1 Å². The molecule has 0 fully saturated rings. The summed E-state index contributed by atoms with van der Waals surface area (Å²) in [7, 11) is 0. The quantitative estimate of drug-likeness (QED) is 0.521. The molecular formula is C23H19NO2. The maximum atomic E-state index is 9.34. The lowest BCUT2D eigenvalue weighted by Crippen LogP contribution is -1.91. The number of hydrogen-bond acceptors (Lipinski definition) is 3. The standard InChI is InChI=1S/C23H19NO2/c25-22-14-7-17(8-15-22)6-13-21-16-26-23(24-21)20-11-9-19(10-12-20)18-4-2-1-3-5-18/h1-5,7-12,14-16,25H,6,13H2. The summed E-state index contributed by atoms with van der Waals surface area (Å²) in [5.41, 5.74) is 5.44. The molecule has 0 aliphatic rings. The molecule has 0 atom stereocenters. The Bertz CT molecular complexity index is 971. The number of aryl methyl sites for hydroxylation is 2.